The summed E-state index contributed by atoms with van der Waals surface area (Å²) < 4.78 is 35.0. The van der Waals surface area contributed by atoms with Crippen molar-refractivity contribution in [1.82, 2.24) is 0 Å². The topological polar surface area (TPSA) is 89.3 Å². The zero-order valence-corrected chi connectivity index (χ0v) is 8.92. The summed E-state index contributed by atoms with van der Waals surface area (Å²) in [6.07, 6.45) is 0.974. The second-order valence-electron chi connectivity index (χ2n) is 2.91. The molecule has 0 atom stereocenters. The number of primary sulfonamides is 1. The Balaban J connectivity index is 3.18. The maximum absolute atomic E-state index is 13.0. The van der Waals surface area contributed by atoms with E-state index < -0.39 is 26.6 Å². The number of amides is 1. The predicted molar refractivity (Wildman–Crippen MR) is 56.6 cm³/mol. The quantitative estimate of drug-likeness (QED) is 0.763. The van der Waals surface area contributed by atoms with Crippen LogP contribution >= 0.6 is 0 Å². The Hall–Kier alpha value is -1.73. The molecule has 0 radical (unpaired) electrons. The van der Waals surface area contributed by atoms with Crippen LogP contribution < -0.4 is 10.5 Å². The minimum absolute atomic E-state index is 0.00562. The Morgan fingerprint density at radius 1 is 1.44 bits per heavy atom. The van der Waals surface area contributed by atoms with Crippen LogP contribution in [-0.4, -0.2) is 14.3 Å². The standard InChI is InChI=1S/C9H9FN2O3S/c1-2-9(13)12-7-3-6(10)4-8(5-7)16(11,14)15/h2-5H,1H2,(H,12,13)(H2,11,14,15). The Morgan fingerprint density at radius 3 is 2.56 bits per heavy atom. The smallest absolute Gasteiger partial charge is 0.247 e. The molecule has 0 bridgehead atoms. The van der Waals surface area contributed by atoms with Gasteiger partial charge in [0.05, 0.1) is 4.90 Å². The second-order valence-corrected chi connectivity index (χ2v) is 4.48. The van der Waals surface area contributed by atoms with E-state index >= 15 is 0 Å². The Labute approximate surface area is 91.8 Å². The molecule has 0 saturated carbocycles. The second kappa shape index (κ2) is 4.42. The zero-order valence-electron chi connectivity index (χ0n) is 8.10. The molecule has 0 spiro atoms. The maximum Gasteiger partial charge on any atom is 0.247 e. The molecule has 7 heteroatoms. The Bertz CT molecular complexity index is 540. The van der Waals surface area contributed by atoms with E-state index in [4.69, 9.17) is 5.14 Å². The Kier molecular flexibility index (Phi) is 3.41. The fraction of sp³-hybridized carbons (Fsp3) is 0. The lowest BCUT2D eigenvalue weighted by molar-refractivity contribution is -0.111. The first-order chi connectivity index (χ1) is 7.32. The third kappa shape index (κ3) is 3.14. The summed E-state index contributed by atoms with van der Waals surface area (Å²) >= 11 is 0. The highest BCUT2D eigenvalue weighted by molar-refractivity contribution is 7.89. The van der Waals surface area contributed by atoms with E-state index in [1.165, 1.54) is 0 Å². The first-order valence-electron chi connectivity index (χ1n) is 4.10. The van der Waals surface area contributed by atoms with Gasteiger partial charge in [-0.05, 0) is 24.3 Å². The highest BCUT2D eigenvalue weighted by Gasteiger charge is 2.11. The van der Waals surface area contributed by atoms with Crippen molar-refractivity contribution < 1.29 is 17.6 Å². The maximum atomic E-state index is 13.0. The summed E-state index contributed by atoms with van der Waals surface area (Å²) in [7, 11) is -4.01. The van der Waals surface area contributed by atoms with Crippen LogP contribution in [0.3, 0.4) is 0 Å². The lowest BCUT2D eigenvalue weighted by Crippen LogP contribution is -2.14. The van der Waals surface area contributed by atoms with E-state index in [-0.39, 0.29) is 5.69 Å². The van der Waals surface area contributed by atoms with E-state index in [0.29, 0.717) is 0 Å². The van der Waals surface area contributed by atoms with E-state index in [9.17, 15) is 17.6 Å². The number of sulfonamides is 1. The third-order valence-corrected chi connectivity index (χ3v) is 2.55. The molecule has 0 aliphatic carbocycles. The molecule has 1 aromatic carbocycles. The van der Waals surface area contributed by atoms with Crippen molar-refractivity contribution in [3.8, 4) is 0 Å². The van der Waals surface area contributed by atoms with Gasteiger partial charge in [-0.3, -0.25) is 4.79 Å². The number of hydrogen-bond acceptors (Lipinski definition) is 3. The number of nitrogens with one attached hydrogen (secondary N) is 1. The third-order valence-electron chi connectivity index (χ3n) is 1.65. The van der Waals surface area contributed by atoms with Crippen molar-refractivity contribution in [3.63, 3.8) is 0 Å². The molecule has 0 saturated heterocycles. The van der Waals surface area contributed by atoms with E-state index in [0.717, 1.165) is 24.3 Å². The molecule has 0 unspecified atom stereocenters. The number of benzene rings is 1. The van der Waals surface area contributed by atoms with E-state index in [1.807, 2.05) is 0 Å². The first-order valence-corrected chi connectivity index (χ1v) is 5.64. The van der Waals surface area contributed by atoms with Gasteiger partial charge in [0.25, 0.3) is 0 Å². The molecule has 5 nitrogen and oxygen atoms in total. The average molecular weight is 244 g/mol. The molecule has 86 valence electrons. The van der Waals surface area contributed by atoms with Gasteiger partial charge in [0.2, 0.25) is 15.9 Å². The fourth-order valence-electron chi connectivity index (χ4n) is 0.992. The summed E-state index contributed by atoms with van der Waals surface area (Å²) in [5, 5.41) is 7.06. The molecule has 0 aromatic heterocycles. The summed E-state index contributed by atoms with van der Waals surface area (Å²) in [5.74, 6) is -1.39. The van der Waals surface area contributed by atoms with Crippen molar-refractivity contribution in [1.29, 1.82) is 0 Å². The van der Waals surface area contributed by atoms with Crippen molar-refractivity contribution in [2.75, 3.05) is 5.32 Å². The van der Waals surface area contributed by atoms with Gasteiger partial charge in [0, 0.05) is 5.69 Å². The minimum Gasteiger partial charge on any atom is -0.322 e. The van der Waals surface area contributed by atoms with Gasteiger partial charge in [0.1, 0.15) is 5.82 Å². The van der Waals surface area contributed by atoms with Gasteiger partial charge >= 0.3 is 0 Å². The Morgan fingerprint density at radius 2 is 2.06 bits per heavy atom. The van der Waals surface area contributed by atoms with Gasteiger partial charge in [-0.15, -0.1) is 0 Å². The predicted octanol–water partition coefficient (Wildman–Crippen LogP) is 0.598. The molecular weight excluding hydrogens is 235 g/mol. The van der Waals surface area contributed by atoms with E-state index in [1.54, 1.807) is 0 Å². The van der Waals surface area contributed by atoms with Crippen LogP contribution in [0.1, 0.15) is 0 Å². The van der Waals surface area contributed by atoms with Crippen molar-refractivity contribution >= 4 is 21.6 Å². The van der Waals surface area contributed by atoms with E-state index in [2.05, 4.69) is 11.9 Å². The van der Waals surface area contributed by atoms with Crippen LogP contribution in [0.25, 0.3) is 0 Å². The summed E-state index contributed by atoms with van der Waals surface area (Å²) in [6, 6.07) is 2.79. The number of carbonyl (C=O) groups is 1. The van der Waals surface area contributed by atoms with Gasteiger partial charge < -0.3 is 5.32 Å². The van der Waals surface area contributed by atoms with Gasteiger partial charge in [-0.2, -0.15) is 0 Å². The number of carbonyl (C=O) groups excluding carboxylic acids is 1. The van der Waals surface area contributed by atoms with Crippen LogP contribution in [0.15, 0.2) is 35.7 Å². The van der Waals surface area contributed by atoms with Gasteiger partial charge in [0.15, 0.2) is 0 Å². The van der Waals surface area contributed by atoms with Crippen LogP contribution in [-0.2, 0) is 14.8 Å². The summed E-state index contributed by atoms with van der Waals surface area (Å²) in [6.45, 7) is 3.20. The van der Waals surface area contributed by atoms with Gasteiger partial charge in [-0.25, -0.2) is 17.9 Å². The van der Waals surface area contributed by atoms with Crippen molar-refractivity contribution in [3.05, 3.63) is 36.7 Å². The SMILES string of the molecule is C=CC(=O)Nc1cc(F)cc(S(N)(=O)=O)c1. The van der Waals surface area contributed by atoms with Crippen LogP contribution in [0.4, 0.5) is 10.1 Å². The zero-order chi connectivity index (χ0) is 12.3. The summed E-state index contributed by atoms with van der Waals surface area (Å²) in [4.78, 5) is 10.5. The molecule has 1 amide bonds. The lowest BCUT2D eigenvalue weighted by Gasteiger charge is -2.05. The minimum atomic E-state index is -4.01. The number of nitrogens with two attached hydrogens (primary N) is 1. The molecule has 0 aliphatic rings. The van der Waals surface area contributed by atoms with Crippen LogP contribution in [0, 0.1) is 5.82 Å². The lowest BCUT2D eigenvalue weighted by atomic mass is 10.3. The van der Waals surface area contributed by atoms with Crippen LogP contribution in [0.5, 0.6) is 0 Å². The molecule has 0 fully saturated rings. The number of rotatable bonds is 3. The monoisotopic (exact) mass is 244 g/mol. The average Bonchev–Trinajstić information content (AvgIpc) is 2.15. The molecule has 16 heavy (non-hydrogen) atoms. The van der Waals surface area contributed by atoms with Crippen molar-refractivity contribution in [2.45, 2.75) is 4.90 Å². The van der Waals surface area contributed by atoms with Gasteiger partial charge in [-0.1, -0.05) is 6.58 Å². The molecular formula is C9H9FN2O3S. The fourth-order valence-corrected chi connectivity index (χ4v) is 1.56. The molecule has 0 aliphatic heterocycles. The number of anilines is 1. The normalized spacial score (nSPS) is 10.9. The summed E-state index contributed by atoms with van der Waals surface area (Å²) in [5.41, 5.74) is -0.00562. The molecule has 1 aromatic rings. The molecule has 3 N–H and O–H groups in total. The number of hydrogen-bond donors (Lipinski definition) is 2. The highest BCUT2D eigenvalue weighted by atomic mass is 32.2. The highest BCUT2D eigenvalue weighted by Crippen LogP contribution is 2.17. The first kappa shape index (κ1) is 12.3. The van der Waals surface area contributed by atoms with Crippen molar-refractivity contribution in [2.24, 2.45) is 5.14 Å². The number of halogens is 1. The largest absolute Gasteiger partial charge is 0.322 e. The van der Waals surface area contributed by atoms with Crippen LogP contribution in [0.2, 0.25) is 0 Å². The molecule has 0 heterocycles. The molecule has 1 rings (SSSR count).